The van der Waals surface area contributed by atoms with Gasteiger partial charge in [0.1, 0.15) is 5.56 Å². The van der Waals surface area contributed by atoms with Crippen LogP contribution in [0.4, 0.5) is 5.69 Å². The van der Waals surface area contributed by atoms with E-state index in [0.29, 0.717) is 5.56 Å². The van der Waals surface area contributed by atoms with Crippen molar-refractivity contribution in [3.8, 4) is 0 Å². The second-order valence-corrected chi connectivity index (χ2v) is 3.82. The Balaban J connectivity index is 3.08. The van der Waals surface area contributed by atoms with Crippen molar-refractivity contribution in [2.45, 2.75) is 13.0 Å². The van der Waals surface area contributed by atoms with Crippen LogP contribution in [0, 0.1) is 17.0 Å². The average molecular weight is 268 g/mol. The van der Waals surface area contributed by atoms with Crippen LogP contribution in [0.1, 0.15) is 15.9 Å². The zero-order valence-electron chi connectivity index (χ0n) is 9.99. The molecule has 0 saturated heterocycles. The summed E-state index contributed by atoms with van der Waals surface area (Å²) < 4.78 is 0. The lowest BCUT2D eigenvalue weighted by Gasteiger charge is -2.11. The predicted molar refractivity (Wildman–Crippen MR) is 63.8 cm³/mol. The molecule has 3 N–H and O–H groups in total. The van der Waals surface area contributed by atoms with Crippen LogP contribution in [0.3, 0.4) is 0 Å². The first-order valence-electron chi connectivity index (χ1n) is 5.26. The van der Waals surface area contributed by atoms with E-state index in [9.17, 15) is 19.7 Å². The Morgan fingerprint density at radius 1 is 1.47 bits per heavy atom. The van der Waals surface area contributed by atoms with Crippen LogP contribution in [0.15, 0.2) is 18.2 Å². The van der Waals surface area contributed by atoms with Gasteiger partial charge in [0.25, 0.3) is 11.6 Å². The molecular weight excluding hydrogens is 256 g/mol. The number of benzene rings is 1. The summed E-state index contributed by atoms with van der Waals surface area (Å²) in [5, 5.41) is 30.3. The van der Waals surface area contributed by atoms with Gasteiger partial charge in [-0.3, -0.25) is 14.9 Å². The Labute approximate surface area is 107 Å². The molecule has 0 bridgehead atoms. The third-order valence-electron chi connectivity index (χ3n) is 2.38. The van der Waals surface area contributed by atoms with E-state index in [-0.39, 0.29) is 5.56 Å². The summed E-state index contributed by atoms with van der Waals surface area (Å²) >= 11 is 0. The summed E-state index contributed by atoms with van der Waals surface area (Å²) in [5.74, 6) is -2.34. The van der Waals surface area contributed by atoms with E-state index in [1.165, 1.54) is 18.2 Å². The molecular formula is C11H12N2O6. The van der Waals surface area contributed by atoms with Gasteiger partial charge in [0.15, 0.2) is 6.04 Å². The smallest absolute Gasteiger partial charge is 0.328 e. The van der Waals surface area contributed by atoms with Crippen molar-refractivity contribution >= 4 is 17.6 Å². The van der Waals surface area contributed by atoms with Gasteiger partial charge in [0, 0.05) is 6.07 Å². The molecule has 1 aromatic rings. The predicted octanol–water partition coefficient (Wildman–Crippen LogP) is 0.0785. The van der Waals surface area contributed by atoms with E-state index in [1.54, 1.807) is 6.92 Å². The van der Waals surface area contributed by atoms with Gasteiger partial charge >= 0.3 is 5.97 Å². The minimum atomic E-state index is -1.51. The summed E-state index contributed by atoms with van der Waals surface area (Å²) in [6.45, 7) is 0.835. The zero-order chi connectivity index (χ0) is 14.6. The maximum Gasteiger partial charge on any atom is 0.328 e. The van der Waals surface area contributed by atoms with Crippen molar-refractivity contribution in [3.05, 3.63) is 39.4 Å². The SMILES string of the molecule is Cc1ccc([N+](=O)[O-])c(C(=O)N[C@H](CO)C(=O)O)c1. The molecule has 0 aliphatic heterocycles. The molecule has 0 aromatic heterocycles. The quantitative estimate of drug-likeness (QED) is 0.512. The van der Waals surface area contributed by atoms with Gasteiger partial charge in [-0.25, -0.2) is 4.79 Å². The fourth-order valence-electron chi connectivity index (χ4n) is 1.41. The number of carboxylic acid groups (broad SMARTS) is 1. The van der Waals surface area contributed by atoms with Gasteiger partial charge in [0.05, 0.1) is 11.5 Å². The largest absolute Gasteiger partial charge is 0.480 e. The summed E-state index contributed by atoms with van der Waals surface area (Å²) in [6, 6.07) is 2.41. The van der Waals surface area contributed by atoms with E-state index in [0.717, 1.165) is 0 Å². The number of amides is 1. The number of carbonyl (C=O) groups is 2. The number of aliphatic hydroxyl groups is 1. The second kappa shape index (κ2) is 5.91. The molecule has 0 saturated carbocycles. The summed E-state index contributed by atoms with van der Waals surface area (Å²) in [7, 11) is 0. The third kappa shape index (κ3) is 3.49. The highest BCUT2D eigenvalue weighted by Gasteiger charge is 2.25. The highest BCUT2D eigenvalue weighted by molar-refractivity contribution is 6.00. The van der Waals surface area contributed by atoms with Crippen molar-refractivity contribution < 1.29 is 24.7 Å². The maximum absolute atomic E-state index is 11.8. The fraction of sp³-hybridized carbons (Fsp3) is 0.273. The lowest BCUT2D eigenvalue weighted by Crippen LogP contribution is -2.43. The molecule has 0 fully saturated rings. The minimum absolute atomic E-state index is 0.246. The third-order valence-corrected chi connectivity index (χ3v) is 2.38. The first kappa shape index (κ1) is 14.6. The molecule has 0 aliphatic rings. The number of nitro groups is 1. The highest BCUT2D eigenvalue weighted by atomic mass is 16.6. The van der Waals surface area contributed by atoms with Gasteiger partial charge in [-0.15, -0.1) is 0 Å². The van der Waals surface area contributed by atoms with E-state index in [4.69, 9.17) is 10.2 Å². The number of aliphatic hydroxyl groups excluding tert-OH is 1. The summed E-state index contributed by atoms with van der Waals surface area (Å²) in [4.78, 5) is 32.5. The Morgan fingerprint density at radius 3 is 2.58 bits per heavy atom. The van der Waals surface area contributed by atoms with E-state index in [1.807, 2.05) is 5.32 Å². The number of aliphatic carboxylic acids is 1. The van der Waals surface area contributed by atoms with Crippen molar-refractivity contribution in [2.75, 3.05) is 6.61 Å². The molecule has 8 nitrogen and oxygen atoms in total. The molecule has 0 heterocycles. The molecule has 0 unspecified atom stereocenters. The van der Waals surface area contributed by atoms with Crippen LogP contribution in [-0.4, -0.2) is 39.7 Å². The van der Waals surface area contributed by atoms with Crippen LogP contribution in [0.5, 0.6) is 0 Å². The Bertz CT molecular complexity index is 528. The zero-order valence-corrected chi connectivity index (χ0v) is 9.99. The summed E-state index contributed by atoms with van der Waals surface area (Å²) in [5.41, 5.74) is -0.0542. The molecule has 0 radical (unpaired) electrons. The molecule has 1 aromatic carbocycles. The van der Waals surface area contributed by atoms with Crippen LogP contribution in [0.2, 0.25) is 0 Å². The molecule has 0 spiro atoms. The van der Waals surface area contributed by atoms with Crippen LogP contribution in [-0.2, 0) is 4.79 Å². The molecule has 1 atom stereocenters. The Hall–Kier alpha value is -2.48. The van der Waals surface area contributed by atoms with Crippen molar-refractivity contribution in [2.24, 2.45) is 0 Å². The van der Waals surface area contributed by atoms with Crippen molar-refractivity contribution in [1.82, 2.24) is 5.32 Å². The standard InChI is InChI=1S/C11H12N2O6/c1-6-2-3-9(13(18)19)7(4-6)10(15)12-8(5-14)11(16)17/h2-4,8,14H,5H2,1H3,(H,12,15)(H,16,17)/t8-/m1/s1. The Kier molecular flexibility index (Phi) is 4.54. The first-order valence-corrected chi connectivity index (χ1v) is 5.26. The monoisotopic (exact) mass is 268 g/mol. The van der Waals surface area contributed by atoms with Crippen molar-refractivity contribution in [1.29, 1.82) is 0 Å². The van der Waals surface area contributed by atoms with Crippen LogP contribution >= 0.6 is 0 Å². The molecule has 1 amide bonds. The van der Waals surface area contributed by atoms with Gasteiger partial charge in [0.2, 0.25) is 0 Å². The molecule has 1 rings (SSSR count). The van der Waals surface area contributed by atoms with E-state index < -0.39 is 35.1 Å². The van der Waals surface area contributed by atoms with Crippen LogP contribution in [0.25, 0.3) is 0 Å². The molecule has 19 heavy (non-hydrogen) atoms. The first-order chi connectivity index (χ1) is 8.86. The number of nitro benzene ring substituents is 1. The average Bonchev–Trinajstić information content (AvgIpc) is 2.34. The minimum Gasteiger partial charge on any atom is -0.480 e. The van der Waals surface area contributed by atoms with Gasteiger partial charge < -0.3 is 15.5 Å². The summed E-state index contributed by atoms with van der Waals surface area (Å²) in [6.07, 6.45) is 0. The fourth-order valence-corrected chi connectivity index (χ4v) is 1.41. The Morgan fingerprint density at radius 2 is 2.11 bits per heavy atom. The number of carboxylic acids is 1. The maximum atomic E-state index is 11.8. The normalized spacial score (nSPS) is 11.7. The topological polar surface area (TPSA) is 130 Å². The molecule has 102 valence electrons. The number of carbonyl (C=O) groups excluding carboxylic acids is 1. The molecule has 8 heteroatoms. The number of rotatable bonds is 5. The number of hydrogen-bond donors (Lipinski definition) is 3. The van der Waals surface area contributed by atoms with Gasteiger partial charge in [-0.2, -0.15) is 0 Å². The van der Waals surface area contributed by atoms with Gasteiger partial charge in [-0.05, 0) is 18.6 Å². The van der Waals surface area contributed by atoms with Crippen molar-refractivity contribution in [3.63, 3.8) is 0 Å². The number of aryl methyl sites for hydroxylation is 1. The van der Waals surface area contributed by atoms with E-state index in [2.05, 4.69) is 0 Å². The highest BCUT2D eigenvalue weighted by Crippen LogP contribution is 2.19. The second-order valence-electron chi connectivity index (χ2n) is 3.82. The number of nitrogens with one attached hydrogen (secondary N) is 1. The van der Waals surface area contributed by atoms with E-state index >= 15 is 0 Å². The molecule has 0 aliphatic carbocycles. The number of hydrogen-bond acceptors (Lipinski definition) is 5. The lowest BCUT2D eigenvalue weighted by atomic mass is 10.1. The number of nitrogens with zero attached hydrogens (tertiary/aromatic N) is 1. The van der Waals surface area contributed by atoms with Crippen LogP contribution < -0.4 is 5.32 Å². The van der Waals surface area contributed by atoms with Gasteiger partial charge in [-0.1, -0.05) is 6.07 Å². The lowest BCUT2D eigenvalue weighted by molar-refractivity contribution is -0.385.